The quantitative estimate of drug-likeness (QED) is 0.194. The van der Waals surface area contributed by atoms with E-state index in [0.717, 1.165) is 68.3 Å². The highest BCUT2D eigenvalue weighted by atomic mass is 16.5. The van der Waals surface area contributed by atoms with Crippen LogP contribution in [0, 0.1) is 0 Å². The van der Waals surface area contributed by atoms with Crippen LogP contribution in [0.25, 0.3) is 50.3 Å². The average Bonchev–Trinajstić information content (AvgIpc) is 3.74. The maximum Gasteiger partial charge on any atom is 0.142 e. The summed E-state index contributed by atoms with van der Waals surface area (Å²) in [4.78, 5) is 24.1. The van der Waals surface area contributed by atoms with Crippen molar-refractivity contribution in [3.8, 4) is 28.4 Å². The van der Waals surface area contributed by atoms with E-state index >= 15 is 0 Å². The van der Waals surface area contributed by atoms with Gasteiger partial charge in [0.25, 0.3) is 0 Å². The molecule has 4 aromatic heterocycles. The first-order valence-corrected chi connectivity index (χ1v) is 13.6. The van der Waals surface area contributed by atoms with Crippen LogP contribution in [0.1, 0.15) is 25.5 Å². The second-order valence-corrected chi connectivity index (χ2v) is 10.1. The van der Waals surface area contributed by atoms with Crippen molar-refractivity contribution < 1.29 is 4.74 Å². The molecule has 5 heterocycles. The van der Waals surface area contributed by atoms with Gasteiger partial charge in [0.15, 0.2) is 0 Å². The van der Waals surface area contributed by atoms with Crippen LogP contribution in [0.5, 0.6) is 5.75 Å². The summed E-state index contributed by atoms with van der Waals surface area (Å²) < 4.78 is 5.42. The van der Waals surface area contributed by atoms with E-state index in [9.17, 15) is 0 Å². The molecular weight excluding hydrogens is 498 g/mol. The normalized spacial score (nSPS) is 14.8. The molecule has 1 aliphatic rings. The second-order valence-electron chi connectivity index (χ2n) is 10.1. The standard InChI is InChI=1S/C32H33N7O/c1-4-33-18-23(16-21(2)20-39-14-5-6-15-39)26-10-11-27-30(36-26)25(19-35-27)32-37-28-12-13-34-29(31(28)38-32)22-8-7-9-24(17-22)40-3/h4,7-13,16-19,33,35H,1,5-6,14-15,20H2,2-3H3,(H,37,38)/b21-16+,23-18+. The number of rotatable bonds is 9. The molecule has 5 aromatic rings. The minimum Gasteiger partial charge on any atom is -0.497 e. The molecule has 0 amide bonds. The van der Waals surface area contributed by atoms with Gasteiger partial charge in [-0.05, 0) is 69.4 Å². The van der Waals surface area contributed by atoms with Gasteiger partial charge in [-0.15, -0.1) is 0 Å². The summed E-state index contributed by atoms with van der Waals surface area (Å²) in [5.74, 6) is 1.51. The molecule has 1 aliphatic heterocycles. The number of H-pyrrole nitrogens is 2. The van der Waals surface area contributed by atoms with Crippen LogP contribution in [0.2, 0.25) is 0 Å². The van der Waals surface area contributed by atoms with Crippen molar-refractivity contribution in [1.82, 2.24) is 35.1 Å². The van der Waals surface area contributed by atoms with Crippen molar-refractivity contribution >= 4 is 27.6 Å². The zero-order valence-electron chi connectivity index (χ0n) is 22.9. The Morgan fingerprint density at radius 3 is 2.80 bits per heavy atom. The summed E-state index contributed by atoms with van der Waals surface area (Å²) in [5, 5.41) is 3.14. The number of imidazole rings is 1. The number of allylic oxidation sites excluding steroid dienone is 2. The van der Waals surface area contributed by atoms with Crippen LogP contribution in [0.4, 0.5) is 0 Å². The van der Waals surface area contributed by atoms with Crippen molar-refractivity contribution in [2.45, 2.75) is 19.8 Å². The van der Waals surface area contributed by atoms with Crippen molar-refractivity contribution in [2.75, 3.05) is 26.7 Å². The van der Waals surface area contributed by atoms with Gasteiger partial charge >= 0.3 is 0 Å². The summed E-state index contributed by atoms with van der Waals surface area (Å²) in [6, 6.07) is 13.9. The third-order valence-corrected chi connectivity index (χ3v) is 7.25. The van der Waals surface area contributed by atoms with E-state index in [0.29, 0.717) is 0 Å². The van der Waals surface area contributed by atoms with Gasteiger partial charge in [-0.2, -0.15) is 0 Å². The number of aromatic nitrogens is 5. The summed E-state index contributed by atoms with van der Waals surface area (Å²) in [6.07, 6.45) is 12.1. The van der Waals surface area contributed by atoms with Crippen molar-refractivity contribution in [3.63, 3.8) is 0 Å². The molecular formula is C32H33N7O. The molecule has 0 saturated carbocycles. The van der Waals surface area contributed by atoms with Gasteiger partial charge in [0.05, 0.1) is 40.6 Å². The van der Waals surface area contributed by atoms with Gasteiger partial charge in [-0.1, -0.05) is 30.4 Å². The molecule has 1 saturated heterocycles. The molecule has 0 unspecified atom stereocenters. The Kier molecular flexibility index (Phi) is 7.16. The molecule has 1 aromatic carbocycles. The Morgan fingerprint density at radius 2 is 1.98 bits per heavy atom. The largest absolute Gasteiger partial charge is 0.497 e. The van der Waals surface area contributed by atoms with Gasteiger partial charge in [-0.3, -0.25) is 9.88 Å². The van der Waals surface area contributed by atoms with Gasteiger partial charge < -0.3 is 20.0 Å². The molecule has 8 nitrogen and oxygen atoms in total. The fourth-order valence-corrected chi connectivity index (χ4v) is 5.33. The summed E-state index contributed by atoms with van der Waals surface area (Å²) >= 11 is 0. The third-order valence-electron chi connectivity index (χ3n) is 7.25. The Labute approximate surface area is 233 Å². The lowest BCUT2D eigenvalue weighted by Crippen LogP contribution is -2.21. The minimum atomic E-state index is 0.735. The number of ether oxygens (including phenoxy) is 1. The first-order valence-electron chi connectivity index (χ1n) is 13.6. The first-order chi connectivity index (χ1) is 19.6. The molecule has 0 spiro atoms. The van der Waals surface area contributed by atoms with Crippen LogP contribution < -0.4 is 10.1 Å². The number of aromatic amines is 2. The van der Waals surface area contributed by atoms with Crippen molar-refractivity contribution in [1.29, 1.82) is 0 Å². The van der Waals surface area contributed by atoms with Crippen LogP contribution in [0.15, 0.2) is 85.5 Å². The maximum atomic E-state index is 5.42. The molecule has 40 heavy (non-hydrogen) atoms. The SMILES string of the molecule is C=CN/C=C(\C=C(/C)CN1CCCC1)c1ccc2[nH]cc(-c3nc4c(-c5cccc(OC)c5)nccc4[nH]3)c2n1. The first kappa shape index (κ1) is 25.6. The number of nitrogens with one attached hydrogen (secondary N) is 3. The van der Waals surface area contributed by atoms with E-state index in [1.54, 1.807) is 19.5 Å². The smallest absolute Gasteiger partial charge is 0.142 e. The van der Waals surface area contributed by atoms with E-state index in [2.05, 4.69) is 50.8 Å². The average molecular weight is 532 g/mol. The lowest BCUT2D eigenvalue weighted by atomic mass is 10.1. The van der Waals surface area contributed by atoms with Gasteiger partial charge in [0.1, 0.15) is 17.1 Å². The fourth-order valence-electron chi connectivity index (χ4n) is 5.33. The fraction of sp³-hybridized carbons (Fsp3) is 0.219. The Hall–Kier alpha value is -4.69. The third kappa shape index (κ3) is 5.13. The molecule has 0 bridgehead atoms. The van der Waals surface area contributed by atoms with Crippen molar-refractivity contribution in [3.05, 3.63) is 91.2 Å². The number of nitrogens with zero attached hydrogens (tertiary/aromatic N) is 4. The van der Waals surface area contributed by atoms with E-state index in [-0.39, 0.29) is 0 Å². The predicted octanol–water partition coefficient (Wildman–Crippen LogP) is 6.29. The number of likely N-dealkylation sites (tertiary alicyclic amines) is 1. The lowest BCUT2D eigenvalue weighted by molar-refractivity contribution is 0.368. The van der Waals surface area contributed by atoms with Crippen molar-refractivity contribution in [2.24, 2.45) is 0 Å². The molecule has 0 atom stereocenters. The number of methoxy groups -OCH3 is 1. The molecule has 3 N–H and O–H groups in total. The van der Waals surface area contributed by atoms with Crippen LogP contribution >= 0.6 is 0 Å². The Morgan fingerprint density at radius 1 is 1.10 bits per heavy atom. The maximum absolute atomic E-state index is 5.42. The highest BCUT2D eigenvalue weighted by Gasteiger charge is 2.17. The number of hydrogen-bond donors (Lipinski definition) is 3. The summed E-state index contributed by atoms with van der Waals surface area (Å²) in [7, 11) is 1.66. The highest BCUT2D eigenvalue weighted by molar-refractivity contribution is 5.96. The Bertz CT molecular complexity index is 1740. The zero-order valence-corrected chi connectivity index (χ0v) is 22.9. The predicted molar refractivity (Wildman–Crippen MR) is 162 cm³/mol. The summed E-state index contributed by atoms with van der Waals surface area (Å²) in [6.45, 7) is 9.29. The molecule has 0 aliphatic carbocycles. The van der Waals surface area contributed by atoms with Gasteiger partial charge in [-0.25, -0.2) is 9.97 Å². The van der Waals surface area contributed by atoms with Crippen LogP contribution in [-0.2, 0) is 0 Å². The van der Waals surface area contributed by atoms with E-state index in [1.165, 1.54) is 31.5 Å². The molecule has 0 radical (unpaired) electrons. The number of benzene rings is 1. The molecule has 202 valence electrons. The number of pyridine rings is 2. The second kappa shape index (κ2) is 11.2. The highest BCUT2D eigenvalue weighted by Crippen LogP contribution is 2.32. The number of hydrogen-bond acceptors (Lipinski definition) is 6. The molecule has 1 fully saturated rings. The van der Waals surface area contributed by atoms with E-state index in [4.69, 9.17) is 14.7 Å². The van der Waals surface area contributed by atoms with Crippen LogP contribution in [-0.4, -0.2) is 56.6 Å². The van der Waals surface area contributed by atoms with Gasteiger partial charge in [0.2, 0.25) is 0 Å². The molecule has 8 heteroatoms. The zero-order chi connectivity index (χ0) is 27.5. The minimum absolute atomic E-state index is 0.735. The summed E-state index contributed by atoms with van der Waals surface area (Å²) in [5.41, 5.74) is 9.31. The molecule has 6 rings (SSSR count). The van der Waals surface area contributed by atoms with E-state index in [1.807, 2.05) is 48.8 Å². The topological polar surface area (TPSA) is 94.8 Å². The number of fused-ring (bicyclic) bond motifs is 2. The van der Waals surface area contributed by atoms with Crippen LogP contribution in [0.3, 0.4) is 0 Å². The monoisotopic (exact) mass is 531 g/mol. The lowest BCUT2D eigenvalue weighted by Gasteiger charge is -2.15. The van der Waals surface area contributed by atoms with E-state index < -0.39 is 0 Å². The Balaban J connectivity index is 1.39. The van der Waals surface area contributed by atoms with Gasteiger partial charge in [0, 0.05) is 36.3 Å².